The predicted molar refractivity (Wildman–Crippen MR) is 217 cm³/mol. The second-order valence-corrected chi connectivity index (χ2v) is 12.0. The van der Waals surface area contributed by atoms with E-state index in [1.807, 2.05) is 24.3 Å². The molecular formula is C48H38N2. The summed E-state index contributed by atoms with van der Waals surface area (Å²) in [6, 6.07) is 60.0. The van der Waals surface area contributed by atoms with Gasteiger partial charge >= 0.3 is 0 Å². The van der Waals surface area contributed by atoms with E-state index in [-0.39, 0.29) is 0 Å². The van der Waals surface area contributed by atoms with Crippen molar-refractivity contribution in [2.45, 2.75) is 0 Å². The first kappa shape index (κ1) is 31.9. The molecule has 0 aromatic heterocycles. The van der Waals surface area contributed by atoms with Crippen LogP contribution in [-0.4, -0.2) is 0 Å². The highest BCUT2D eigenvalue weighted by molar-refractivity contribution is 5.99. The van der Waals surface area contributed by atoms with Crippen LogP contribution in [0.15, 0.2) is 202 Å². The Bertz CT molecular complexity index is 2310. The van der Waals surface area contributed by atoms with E-state index in [9.17, 15) is 0 Å². The molecule has 7 aromatic rings. The van der Waals surface area contributed by atoms with Crippen molar-refractivity contribution in [1.82, 2.24) is 0 Å². The average molecular weight is 643 g/mol. The van der Waals surface area contributed by atoms with Gasteiger partial charge in [-0.3, -0.25) is 0 Å². The lowest BCUT2D eigenvalue weighted by molar-refractivity contribution is 1.29. The van der Waals surface area contributed by atoms with Gasteiger partial charge in [0.15, 0.2) is 0 Å². The molecule has 2 heteroatoms. The number of benzene rings is 7. The highest BCUT2D eigenvalue weighted by atomic mass is 15.2. The van der Waals surface area contributed by atoms with Gasteiger partial charge in [0, 0.05) is 28.1 Å². The molecule has 0 N–H and O–H groups in total. The summed E-state index contributed by atoms with van der Waals surface area (Å²) in [5.74, 6) is 0. The average Bonchev–Trinajstić information content (AvgIpc) is 3.19. The van der Waals surface area contributed by atoms with Crippen LogP contribution in [0.3, 0.4) is 0 Å². The number of allylic oxidation sites excluding steroid dienone is 2. The molecule has 0 saturated heterocycles. The highest BCUT2D eigenvalue weighted by Gasteiger charge is 2.18. The third kappa shape index (κ3) is 6.56. The van der Waals surface area contributed by atoms with Crippen LogP contribution < -0.4 is 9.80 Å². The van der Waals surface area contributed by atoms with E-state index >= 15 is 0 Å². The van der Waals surface area contributed by atoms with E-state index in [0.29, 0.717) is 0 Å². The van der Waals surface area contributed by atoms with Crippen molar-refractivity contribution in [3.63, 3.8) is 0 Å². The molecule has 50 heavy (non-hydrogen) atoms. The van der Waals surface area contributed by atoms with Crippen LogP contribution in [0.1, 0.15) is 16.7 Å². The first-order valence-corrected chi connectivity index (χ1v) is 16.8. The largest absolute Gasteiger partial charge is 0.310 e. The summed E-state index contributed by atoms with van der Waals surface area (Å²) in [4.78, 5) is 4.60. The molecule has 0 unspecified atom stereocenters. The van der Waals surface area contributed by atoms with E-state index in [2.05, 4.69) is 199 Å². The van der Waals surface area contributed by atoms with Gasteiger partial charge in [-0.1, -0.05) is 153 Å². The van der Waals surface area contributed by atoms with Gasteiger partial charge in [0.2, 0.25) is 0 Å². The molecule has 7 aromatic carbocycles. The molecule has 0 aliphatic carbocycles. The first-order valence-electron chi connectivity index (χ1n) is 16.8. The summed E-state index contributed by atoms with van der Waals surface area (Å²) in [6.45, 7) is 12.1. The second kappa shape index (κ2) is 14.6. The van der Waals surface area contributed by atoms with Crippen LogP contribution in [-0.2, 0) is 0 Å². The Kier molecular flexibility index (Phi) is 9.35. The Morgan fingerprint density at radius 3 is 1.68 bits per heavy atom. The minimum absolute atomic E-state index is 1.04. The van der Waals surface area contributed by atoms with E-state index in [0.717, 1.165) is 62.0 Å². The van der Waals surface area contributed by atoms with Gasteiger partial charge in [0.1, 0.15) is 0 Å². The second-order valence-electron chi connectivity index (χ2n) is 12.0. The zero-order valence-electron chi connectivity index (χ0n) is 28.0. The number of fused-ring (bicyclic) bond motifs is 1. The van der Waals surface area contributed by atoms with Crippen LogP contribution in [0.5, 0.6) is 0 Å². The van der Waals surface area contributed by atoms with E-state index < -0.39 is 0 Å². The van der Waals surface area contributed by atoms with Gasteiger partial charge in [-0.25, -0.2) is 0 Å². The summed E-state index contributed by atoms with van der Waals surface area (Å²) in [7, 11) is 0. The lowest BCUT2D eigenvalue weighted by Gasteiger charge is -2.29. The topological polar surface area (TPSA) is 6.48 Å². The fourth-order valence-electron chi connectivity index (χ4n) is 6.47. The normalized spacial score (nSPS) is 11.2. The number of hydrogen-bond acceptors (Lipinski definition) is 2. The lowest BCUT2D eigenvalue weighted by Crippen LogP contribution is -2.15. The van der Waals surface area contributed by atoms with Crippen LogP contribution in [0, 0.1) is 0 Å². The maximum atomic E-state index is 4.04. The summed E-state index contributed by atoms with van der Waals surface area (Å²) in [5, 5.41) is 2.40. The molecule has 0 aliphatic rings. The summed E-state index contributed by atoms with van der Waals surface area (Å²) >= 11 is 0. The third-order valence-electron chi connectivity index (χ3n) is 8.91. The maximum absolute atomic E-state index is 4.04. The standard InChI is InChI=1S/C48H38N2/c1-4-15-47(41-19-8-7-9-20-41)49(44-22-12-16-36(5-2)34-44)42-30-26-38(27-31-42)39-28-32-43(33-29-39)50(45-23-13-17-37(6-3)35-45)48-25-14-21-40-18-10-11-24-46(40)48/h4-35H,1-3H2/b47-15+. The maximum Gasteiger partial charge on any atom is 0.0540 e. The van der Waals surface area contributed by atoms with Gasteiger partial charge < -0.3 is 9.80 Å². The predicted octanol–water partition coefficient (Wildman–Crippen LogP) is 13.6. The van der Waals surface area contributed by atoms with Crippen molar-refractivity contribution < 1.29 is 0 Å². The molecule has 0 spiro atoms. The number of anilines is 5. The molecule has 7 rings (SSSR count). The minimum Gasteiger partial charge on any atom is -0.310 e. The number of rotatable bonds is 11. The van der Waals surface area contributed by atoms with Crippen molar-refractivity contribution in [3.05, 3.63) is 218 Å². The molecule has 0 aliphatic heterocycles. The third-order valence-corrected chi connectivity index (χ3v) is 8.91. The van der Waals surface area contributed by atoms with Gasteiger partial charge in [-0.2, -0.15) is 0 Å². The Balaban J connectivity index is 1.27. The Morgan fingerprint density at radius 2 is 1.02 bits per heavy atom. The minimum atomic E-state index is 1.04. The van der Waals surface area contributed by atoms with E-state index in [1.165, 1.54) is 10.8 Å². The fourth-order valence-corrected chi connectivity index (χ4v) is 6.47. The molecule has 0 radical (unpaired) electrons. The first-order chi connectivity index (χ1) is 24.7. The van der Waals surface area contributed by atoms with Gasteiger partial charge in [0.05, 0.1) is 11.4 Å². The smallest absolute Gasteiger partial charge is 0.0540 e. The summed E-state index contributed by atoms with van der Waals surface area (Å²) < 4.78 is 0. The quantitative estimate of drug-likeness (QED) is 0.130. The van der Waals surface area contributed by atoms with Crippen LogP contribution >= 0.6 is 0 Å². The number of nitrogens with zero attached hydrogens (tertiary/aromatic N) is 2. The van der Waals surface area contributed by atoms with Gasteiger partial charge in [-0.05, 0) is 93.9 Å². The molecule has 0 atom stereocenters. The van der Waals surface area contributed by atoms with Crippen molar-refractivity contribution in [2.75, 3.05) is 9.80 Å². The molecule has 2 nitrogen and oxygen atoms in total. The molecule has 0 bridgehead atoms. The molecule has 0 fully saturated rings. The fraction of sp³-hybridized carbons (Fsp3) is 0. The van der Waals surface area contributed by atoms with Crippen molar-refractivity contribution >= 4 is 57.1 Å². The highest BCUT2D eigenvalue weighted by Crippen LogP contribution is 2.41. The van der Waals surface area contributed by atoms with Gasteiger partial charge in [0.25, 0.3) is 0 Å². The van der Waals surface area contributed by atoms with Crippen LogP contribution in [0.25, 0.3) is 39.7 Å². The zero-order valence-corrected chi connectivity index (χ0v) is 28.0. The Morgan fingerprint density at radius 1 is 0.460 bits per heavy atom. The zero-order chi connectivity index (χ0) is 34.3. The van der Waals surface area contributed by atoms with Crippen molar-refractivity contribution in [2.24, 2.45) is 0 Å². The Labute approximate surface area is 295 Å². The van der Waals surface area contributed by atoms with E-state index in [4.69, 9.17) is 0 Å². The molecule has 240 valence electrons. The van der Waals surface area contributed by atoms with Crippen molar-refractivity contribution in [1.29, 1.82) is 0 Å². The lowest BCUT2D eigenvalue weighted by atomic mass is 10.0. The van der Waals surface area contributed by atoms with Crippen molar-refractivity contribution in [3.8, 4) is 11.1 Å². The Hall–Kier alpha value is -6.64. The monoisotopic (exact) mass is 642 g/mol. The molecule has 0 saturated carbocycles. The molecule has 0 heterocycles. The SMILES string of the molecule is C=C/C=C(\c1ccccc1)N(c1ccc(-c2ccc(N(c3cccc(C=C)c3)c3cccc4ccccc34)cc2)cc1)c1cccc(C=C)c1. The van der Waals surface area contributed by atoms with Gasteiger partial charge in [-0.15, -0.1) is 0 Å². The van der Waals surface area contributed by atoms with Crippen LogP contribution in [0.2, 0.25) is 0 Å². The van der Waals surface area contributed by atoms with Crippen LogP contribution in [0.4, 0.5) is 28.4 Å². The summed E-state index contributed by atoms with van der Waals surface area (Å²) in [5.41, 5.74) is 11.9. The number of hydrogen-bond donors (Lipinski definition) is 0. The molecular weight excluding hydrogens is 605 g/mol. The van der Waals surface area contributed by atoms with E-state index in [1.54, 1.807) is 0 Å². The summed E-state index contributed by atoms with van der Waals surface area (Å²) in [6.07, 6.45) is 7.68. The molecule has 0 amide bonds.